The highest BCUT2D eigenvalue weighted by molar-refractivity contribution is 7.09. The first-order chi connectivity index (χ1) is 13.9. The van der Waals surface area contributed by atoms with Crippen molar-refractivity contribution in [2.24, 2.45) is 0 Å². The van der Waals surface area contributed by atoms with Crippen LogP contribution < -0.4 is 15.0 Å². The van der Waals surface area contributed by atoms with Crippen molar-refractivity contribution >= 4 is 46.1 Å². The lowest BCUT2D eigenvalue weighted by atomic mass is 10.1. The van der Waals surface area contributed by atoms with Crippen LogP contribution in [0.4, 0.5) is 15.8 Å². The number of ether oxygens (including phenoxy) is 1. The molecule has 1 aliphatic rings. The van der Waals surface area contributed by atoms with E-state index in [1.807, 2.05) is 18.4 Å². The van der Waals surface area contributed by atoms with Gasteiger partial charge in [0.15, 0.2) is 6.61 Å². The molecule has 148 valence electrons. The number of amides is 2. The maximum Gasteiger partial charge on any atom is 0.265 e. The first-order valence-corrected chi connectivity index (χ1v) is 9.91. The fourth-order valence-electron chi connectivity index (χ4n) is 2.95. The Morgan fingerprint density at radius 1 is 1.34 bits per heavy atom. The summed E-state index contributed by atoms with van der Waals surface area (Å²) in [6.07, 6.45) is 0. The molecule has 0 spiro atoms. The second-order valence-corrected chi connectivity index (χ2v) is 7.85. The van der Waals surface area contributed by atoms with E-state index in [0.717, 1.165) is 22.3 Å². The van der Waals surface area contributed by atoms with Crippen molar-refractivity contribution in [3.63, 3.8) is 0 Å². The van der Waals surface area contributed by atoms with E-state index in [1.54, 1.807) is 12.1 Å². The van der Waals surface area contributed by atoms with Crippen LogP contribution in [0.1, 0.15) is 5.01 Å². The van der Waals surface area contributed by atoms with Crippen molar-refractivity contribution in [2.75, 3.05) is 23.4 Å². The molecule has 0 aliphatic carbocycles. The Morgan fingerprint density at radius 2 is 2.17 bits per heavy atom. The Hall–Kier alpha value is -2.97. The Balaban J connectivity index is 1.58. The molecule has 3 aromatic rings. The van der Waals surface area contributed by atoms with Crippen LogP contribution in [0.25, 0.3) is 11.3 Å². The molecule has 6 nitrogen and oxygen atoms in total. The molecule has 9 heteroatoms. The predicted octanol–water partition coefficient (Wildman–Crippen LogP) is 4.28. The number of nitrogens with zero attached hydrogens (tertiary/aromatic N) is 2. The van der Waals surface area contributed by atoms with Crippen LogP contribution in [-0.4, -0.2) is 29.9 Å². The third kappa shape index (κ3) is 4.08. The number of carbonyl (C=O) groups is 2. The molecule has 0 radical (unpaired) electrons. The molecular formula is C20H15ClFN3O3S. The molecule has 1 N–H and O–H groups in total. The normalized spacial score (nSPS) is 13.1. The summed E-state index contributed by atoms with van der Waals surface area (Å²) >= 11 is 7.27. The zero-order valence-corrected chi connectivity index (χ0v) is 16.8. The number of fused-ring (bicyclic) bond motifs is 1. The first kappa shape index (κ1) is 19.4. The SMILES string of the molecule is Cc1nc(-c2ccc3c(c2)N(CC(=O)Nc2ccc(F)c(Cl)c2)C(=O)CO3)cs1. The van der Waals surface area contributed by atoms with E-state index in [1.165, 1.54) is 28.4 Å². The lowest BCUT2D eigenvalue weighted by Gasteiger charge is -2.29. The molecule has 0 bridgehead atoms. The molecule has 4 rings (SSSR count). The Morgan fingerprint density at radius 3 is 2.90 bits per heavy atom. The molecule has 2 heterocycles. The zero-order valence-electron chi connectivity index (χ0n) is 15.2. The summed E-state index contributed by atoms with van der Waals surface area (Å²) in [4.78, 5) is 30.8. The van der Waals surface area contributed by atoms with Gasteiger partial charge < -0.3 is 10.1 Å². The number of halogens is 2. The number of nitrogens with one attached hydrogen (secondary N) is 1. The third-order valence-electron chi connectivity index (χ3n) is 4.32. The predicted molar refractivity (Wildman–Crippen MR) is 110 cm³/mol. The molecule has 29 heavy (non-hydrogen) atoms. The van der Waals surface area contributed by atoms with E-state index < -0.39 is 11.7 Å². The summed E-state index contributed by atoms with van der Waals surface area (Å²) in [5, 5.41) is 5.38. The molecular weight excluding hydrogens is 417 g/mol. The number of carbonyl (C=O) groups excluding carboxylic acids is 2. The van der Waals surface area contributed by atoms with Gasteiger partial charge in [-0.05, 0) is 43.3 Å². The Kier molecular flexibility index (Phi) is 5.21. The lowest BCUT2D eigenvalue weighted by Crippen LogP contribution is -2.43. The number of benzene rings is 2. The summed E-state index contributed by atoms with van der Waals surface area (Å²) in [5.74, 6) is -0.843. The molecule has 1 aliphatic heterocycles. The number of thiazole rings is 1. The second kappa shape index (κ2) is 7.81. The Bertz CT molecular complexity index is 1120. The summed E-state index contributed by atoms with van der Waals surface area (Å²) in [7, 11) is 0. The monoisotopic (exact) mass is 431 g/mol. The van der Waals surface area contributed by atoms with Crippen molar-refractivity contribution in [3.8, 4) is 17.0 Å². The van der Waals surface area contributed by atoms with Gasteiger partial charge in [0.25, 0.3) is 5.91 Å². The van der Waals surface area contributed by atoms with Crippen LogP contribution in [0, 0.1) is 12.7 Å². The topological polar surface area (TPSA) is 71.5 Å². The van der Waals surface area contributed by atoms with E-state index in [4.69, 9.17) is 16.3 Å². The van der Waals surface area contributed by atoms with Crippen LogP contribution in [0.2, 0.25) is 5.02 Å². The minimum Gasteiger partial charge on any atom is -0.482 e. The zero-order chi connectivity index (χ0) is 20.5. The van der Waals surface area contributed by atoms with Gasteiger partial charge in [-0.1, -0.05) is 11.6 Å². The van der Waals surface area contributed by atoms with Gasteiger partial charge in [0, 0.05) is 16.6 Å². The minimum absolute atomic E-state index is 0.0983. The highest BCUT2D eigenvalue weighted by Gasteiger charge is 2.28. The standard InChI is InChI=1S/C20H15ClFN3O3S/c1-11-23-16(10-29-11)12-2-5-18-17(6-12)25(20(27)9-28-18)8-19(26)24-13-3-4-15(22)14(21)7-13/h2-7,10H,8-9H2,1H3,(H,24,26). The maximum absolute atomic E-state index is 13.3. The molecule has 0 fully saturated rings. The number of hydrogen-bond donors (Lipinski definition) is 1. The average molecular weight is 432 g/mol. The molecule has 0 unspecified atom stereocenters. The largest absolute Gasteiger partial charge is 0.482 e. The van der Waals surface area contributed by atoms with Crippen LogP contribution >= 0.6 is 22.9 Å². The Labute approximate surface area is 174 Å². The fourth-order valence-corrected chi connectivity index (χ4v) is 3.75. The van der Waals surface area contributed by atoms with Gasteiger partial charge >= 0.3 is 0 Å². The van der Waals surface area contributed by atoms with Gasteiger partial charge in [0.05, 0.1) is 21.4 Å². The van der Waals surface area contributed by atoms with Crippen LogP contribution in [0.3, 0.4) is 0 Å². The summed E-state index contributed by atoms with van der Waals surface area (Å²) in [6, 6.07) is 9.28. The molecule has 0 saturated heterocycles. The van der Waals surface area contributed by atoms with Gasteiger partial charge in [0.2, 0.25) is 5.91 Å². The number of hydrogen-bond acceptors (Lipinski definition) is 5. The van der Waals surface area contributed by atoms with Crippen molar-refractivity contribution < 1.29 is 18.7 Å². The maximum atomic E-state index is 13.3. The van der Waals surface area contributed by atoms with Crippen molar-refractivity contribution in [1.29, 1.82) is 0 Å². The van der Waals surface area contributed by atoms with Gasteiger partial charge in [-0.2, -0.15) is 0 Å². The van der Waals surface area contributed by atoms with E-state index in [2.05, 4.69) is 10.3 Å². The van der Waals surface area contributed by atoms with E-state index in [0.29, 0.717) is 17.1 Å². The summed E-state index contributed by atoms with van der Waals surface area (Å²) in [6.45, 7) is 1.54. The van der Waals surface area contributed by atoms with Crippen molar-refractivity contribution in [2.45, 2.75) is 6.92 Å². The van der Waals surface area contributed by atoms with Crippen molar-refractivity contribution in [3.05, 3.63) is 57.6 Å². The fraction of sp³-hybridized carbons (Fsp3) is 0.150. The number of rotatable bonds is 4. The van der Waals surface area contributed by atoms with Gasteiger partial charge in [-0.25, -0.2) is 9.37 Å². The number of aromatic nitrogens is 1. The molecule has 2 amide bonds. The van der Waals surface area contributed by atoms with Gasteiger partial charge in [0.1, 0.15) is 18.1 Å². The molecule has 2 aromatic carbocycles. The van der Waals surface area contributed by atoms with Gasteiger partial charge in [-0.15, -0.1) is 11.3 Å². The van der Waals surface area contributed by atoms with Crippen LogP contribution in [0.5, 0.6) is 5.75 Å². The van der Waals surface area contributed by atoms with E-state index in [-0.39, 0.29) is 24.1 Å². The van der Waals surface area contributed by atoms with E-state index >= 15 is 0 Å². The smallest absolute Gasteiger partial charge is 0.265 e. The summed E-state index contributed by atoms with van der Waals surface area (Å²) < 4.78 is 18.8. The van der Waals surface area contributed by atoms with E-state index in [9.17, 15) is 14.0 Å². The van der Waals surface area contributed by atoms with Crippen LogP contribution in [0.15, 0.2) is 41.8 Å². The number of anilines is 2. The highest BCUT2D eigenvalue weighted by atomic mass is 35.5. The lowest BCUT2D eigenvalue weighted by molar-refractivity contribution is -0.123. The quantitative estimate of drug-likeness (QED) is 0.669. The molecule has 0 atom stereocenters. The average Bonchev–Trinajstić information content (AvgIpc) is 3.13. The minimum atomic E-state index is -0.577. The first-order valence-electron chi connectivity index (χ1n) is 8.65. The van der Waals surface area contributed by atoms with Gasteiger partial charge in [-0.3, -0.25) is 14.5 Å². The molecule has 0 saturated carbocycles. The second-order valence-electron chi connectivity index (χ2n) is 6.38. The third-order valence-corrected chi connectivity index (χ3v) is 5.38. The highest BCUT2D eigenvalue weighted by Crippen LogP contribution is 2.36. The number of aryl methyl sites for hydroxylation is 1. The molecule has 1 aromatic heterocycles. The van der Waals surface area contributed by atoms with Crippen molar-refractivity contribution in [1.82, 2.24) is 4.98 Å². The van der Waals surface area contributed by atoms with Crippen LogP contribution in [-0.2, 0) is 9.59 Å². The summed E-state index contributed by atoms with van der Waals surface area (Å²) in [5.41, 5.74) is 2.45.